The van der Waals surface area contributed by atoms with E-state index in [1.807, 2.05) is 31.7 Å². The van der Waals surface area contributed by atoms with E-state index in [4.69, 9.17) is 10.5 Å². The number of amides is 3. The zero-order valence-corrected chi connectivity index (χ0v) is 21.8. The molecule has 0 aromatic carbocycles. The highest BCUT2D eigenvalue weighted by molar-refractivity contribution is 5.95. The summed E-state index contributed by atoms with van der Waals surface area (Å²) in [6.45, 7) is 9.56. The number of pyridine rings is 1. The van der Waals surface area contributed by atoms with E-state index in [9.17, 15) is 14.4 Å². The van der Waals surface area contributed by atoms with Crippen molar-refractivity contribution >= 4 is 35.2 Å². The SMILES string of the molecule is CC(C)(C)OC(=O)N1CCCC(C(=O)Nc2ccc(N3CCC[C@@H](C(=O)N4CCCC4)C3)nc2N)C1. The minimum absolute atomic E-state index is 0.0153. The van der Waals surface area contributed by atoms with E-state index in [0.29, 0.717) is 31.7 Å². The van der Waals surface area contributed by atoms with Crippen LogP contribution >= 0.6 is 0 Å². The topological polar surface area (TPSA) is 121 Å². The normalized spacial score (nSPS) is 22.9. The number of rotatable bonds is 4. The molecule has 0 aliphatic carbocycles. The molecular formula is C26H40N6O4. The summed E-state index contributed by atoms with van der Waals surface area (Å²) in [5.41, 5.74) is 6.11. The summed E-state index contributed by atoms with van der Waals surface area (Å²) in [6, 6.07) is 3.62. The van der Waals surface area contributed by atoms with Gasteiger partial charge in [-0.1, -0.05) is 0 Å². The summed E-state index contributed by atoms with van der Waals surface area (Å²) >= 11 is 0. The molecule has 0 spiro atoms. The highest BCUT2D eigenvalue weighted by atomic mass is 16.6. The lowest BCUT2D eigenvalue weighted by molar-refractivity contribution is -0.134. The summed E-state index contributed by atoms with van der Waals surface area (Å²) in [6.07, 6.45) is 5.04. The predicted molar refractivity (Wildman–Crippen MR) is 139 cm³/mol. The first-order chi connectivity index (χ1) is 17.1. The minimum Gasteiger partial charge on any atom is -0.444 e. The van der Waals surface area contributed by atoms with Crippen LogP contribution in [0.15, 0.2) is 12.1 Å². The zero-order chi connectivity index (χ0) is 25.9. The molecule has 2 atom stereocenters. The number of nitrogens with zero attached hydrogens (tertiary/aromatic N) is 4. The van der Waals surface area contributed by atoms with Gasteiger partial charge >= 0.3 is 6.09 Å². The third kappa shape index (κ3) is 6.39. The summed E-state index contributed by atoms with van der Waals surface area (Å²) < 4.78 is 5.46. The molecule has 198 valence electrons. The van der Waals surface area contributed by atoms with Crippen molar-refractivity contribution in [3.63, 3.8) is 0 Å². The van der Waals surface area contributed by atoms with Crippen molar-refractivity contribution in [3.8, 4) is 0 Å². The number of ether oxygens (including phenoxy) is 1. The van der Waals surface area contributed by atoms with Crippen LogP contribution in [0.4, 0.5) is 22.1 Å². The first kappa shape index (κ1) is 26.0. The Balaban J connectivity index is 1.35. The van der Waals surface area contributed by atoms with Gasteiger partial charge in [0.2, 0.25) is 11.8 Å². The molecule has 10 nitrogen and oxygen atoms in total. The minimum atomic E-state index is -0.579. The number of aromatic nitrogens is 1. The van der Waals surface area contributed by atoms with Gasteiger partial charge in [-0.2, -0.15) is 0 Å². The maximum absolute atomic E-state index is 13.0. The van der Waals surface area contributed by atoms with Gasteiger partial charge in [0, 0.05) is 39.3 Å². The Morgan fingerprint density at radius 1 is 0.944 bits per heavy atom. The van der Waals surface area contributed by atoms with Crippen molar-refractivity contribution in [1.82, 2.24) is 14.8 Å². The van der Waals surface area contributed by atoms with Crippen LogP contribution in [-0.2, 0) is 14.3 Å². The van der Waals surface area contributed by atoms with Gasteiger partial charge in [0.05, 0.1) is 17.5 Å². The van der Waals surface area contributed by atoms with E-state index in [0.717, 1.165) is 57.6 Å². The van der Waals surface area contributed by atoms with Crippen LogP contribution in [0.25, 0.3) is 0 Å². The van der Waals surface area contributed by atoms with Crippen LogP contribution in [0.3, 0.4) is 0 Å². The fourth-order valence-electron chi connectivity index (χ4n) is 5.25. The quantitative estimate of drug-likeness (QED) is 0.652. The Kier molecular flexibility index (Phi) is 7.90. The van der Waals surface area contributed by atoms with Crippen molar-refractivity contribution in [2.24, 2.45) is 11.8 Å². The molecule has 3 N–H and O–H groups in total. The first-order valence-corrected chi connectivity index (χ1v) is 13.2. The van der Waals surface area contributed by atoms with Gasteiger partial charge in [-0.3, -0.25) is 9.59 Å². The molecule has 3 fully saturated rings. The second-order valence-electron chi connectivity index (χ2n) is 11.2. The molecule has 3 aliphatic heterocycles. The Bertz CT molecular complexity index is 972. The Hall–Kier alpha value is -3.04. The van der Waals surface area contributed by atoms with E-state index in [-0.39, 0.29) is 29.5 Å². The molecule has 4 rings (SSSR count). The third-order valence-corrected chi connectivity index (χ3v) is 7.12. The molecular weight excluding hydrogens is 460 g/mol. The average molecular weight is 501 g/mol. The van der Waals surface area contributed by atoms with Crippen molar-refractivity contribution in [2.75, 3.05) is 55.2 Å². The molecule has 3 saturated heterocycles. The smallest absolute Gasteiger partial charge is 0.410 e. The Labute approximate surface area is 213 Å². The molecule has 1 unspecified atom stereocenters. The number of hydrogen-bond donors (Lipinski definition) is 2. The number of nitrogens with one attached hydrogen (secondary N) is 1. The zero-order valence-electron chi connectivity index (χ0n) is 21.8. The van der Waals surface area contributed by atoms with Gasteiger partial charge < -0.3 is 30.5 Å². The fourth-order valence-corrected chi connectivity index (χ4v) is 5.25. The first-order valence-electron chi connectivity index (χ1n) is 13.2. The van der Waals surface area contributed by atoms with Crippen LogP contribution in [0.5, 0.6) is 0 Å². The Morgan fingerprint density at radius 3 is 2.31 bits per heavy atom. The number of carbonyl (C=O) groups is 3. The maximum Gasteiger partial charge on any atom is 0.410 e. The summed E-state index contributed by atoms with van der Waals surface area (Å²) in [7, 11) is 0. The molecule has 0 radical (unpaired) electrons. The molecule has 3 aliphatic rings. The second kappa shape index (κ2) is 10.9. The van der Waals surface area contributed by atoms with Gasteiger partial charge in [0.15, 0.2) is 0 Å². The number of piperidine rings is 2. The molecule has 3 amide bonds. The van der Waals surface area contributed by atoms with Crippen molar-refractivity contribution < 1.29 is 19.1 Å². The number of carbonyl (C=O) groups excluding carboxylic acids is 3. The number of anilines is 3. The van der Waals surface area contributed by atoms with Crippen molar-refractivity contribution in [3.05, 3.63) is 12.1 Å². The van der Waals surface area contributed by atoms with E-state index in [1.54, 1.807) is 11.0 Å². The molecule has 0 saturated carbocycles. The molecule has 4 heterocycles. The van der Waals surface area contributed by atoms with Crippen LogP contribution in [0.1, 0.15) is 59.3 Å². The van der Waals surface area contributed by atoms with Crippen LogP contribution in [0, 0.1) is 11.8 Å². The number of nitrogens with two attached hydrogens (primary N) is 1. The Morgan fingerprint density at radius 2 is 1.61 bits per heavy atom. The fraction of sp³-hybridized carbons (Fsp3) is 0.692. The highest BCUT2D eigenvalue weighted by Crippen LogP contribution is 2.28. The predicted octanol–water partition coefficient (Wildman–Crippen LogP) is 3.09. The average Bonchev–Trinajstić information content (AvgIpc) is 3.39. The summed E-state index contributed by atoms with van der Waals surface area (Å²) in [5.74, 6) is 0.677. The van der Waals surface area contributed by atoms with E-state index in [1.165, 1.54) is 0 Å². The van der Waals surface area contributed by atoms with Crippen molar-refractivity contribution in [2.45, 2.75) is 64.9 Å². The third-order valence-electron chi connectivity index (χ3n) is 7.12. The van der Waals surface area contributed by atoms with Gasteiger partial charge in [-0.15, -0.1) is 0 Å². The number of nitrogen functional groups attached to an aromatic ring is 1. The monoisotopic (exact) mass is 500 g/mol. The van der Waals surface area contributed by atoms with E-state index in [2.05, 4.69) is 15.2 Å². The standard InChI is InChI=1S/C26H40N6O4/c1-26(2,3)36-25(35)32-15-6-8-18(16-32)23(33)28-20-10-11-21(29-22(20)27)31-14-7-9-19(17-31)24(34)30-12-4-5-13-30/h10-11,18-19H,4-9,12-17H2,1-3H3,(H2,27,29)(H,28,33)/t18?,19-/m1/s1. The summed E-state index contributed by atoms with van der Waals surface area (Å²) in [4.78, 5) is 48.5. The lowest BCUT2D eigenvalue weighted by Gasteiger charge is -2.35. The van der Waals surface area contributed by atoms with Crippen LogP contribution < -0.4 is 16.0 Å². The second-order valence-corrected chi connectivity index (χ2v) is 11.2. The van der Waals surface area contributed by atoms with E-state index >= 15 is 0 Å². The molecule has 10 heteroatoms. The summed E-state index contributed by atoms with van der Waals surface area (Å²) in [5, 5.41) is 2.90. The van der Waals surface area contributed by atoms with E-state index < -0.39 is 11.7 Å². The van der Waals surface area contributed by atoms with Gasteiger partial charge in [-0.05, 0) is 71.4 Å². The maximum atomic E-state index is 13.0. The highest BCUT2D eigenvalue weighted by Gasteiger charge is 2.33. The van der Waals surface area contributed by atoms with Gasteiger partial charge in [-0.25, -0.2) is 9.78 Å². The molecule has 1 aromatic rings. The van der Waals surface area contributed by atoms with Gasteiger partial charge in [0.25, 0.3) is 0 Å². The van der Waals surface area contributed by atoms with Crippen molar-refractivity contribution in [1.29, 1.82) is 0 Å². The molecule has 36 heavy (non-hydrogen) atoms. The largest absolute Gasteiger partial charge is 0.444 e. The number of hydrogen-bond acceptors (Lipinski definition) is 7. The lowest BCUT2D eigenvalue weighted by Crippen LogP contribution is -2.45. The van der Waals surface area contributed by atoms with Crippen LogP contribution in [0.2, 0.25) is 0 Å². The molecule has 0 bridgehead atoms. The number of likely N-dealkylation sites (tertiary alicyclic amines) is 2. The van der Waals surface area contributed by atoms with Gasteiger partial charge in [0.1, 0.15) is 17.2 Å². The van der Waals surface area contributed by atoms with Crippen LogP contribution in [-0.4, -0.2) is 77.6 Å². The molecule has 1 aromatic heterocycles. The lowest BCUT2D eigenvalue weighted by atomic mass is 9.96.